The predicted molar refractivity (Wildman–Crippen MR) is 78.2 cm³/mol. The molecule has 2 aromatic rings. The summed E-state index contributed by atoms with van der Waals surface area (Å²) >= 11 is 6.11. The molecule has 3 rings (SSSR count). The predicted octanol–water partition coefficient (Wildman–Crippen LogP) is 5.51. The Kier molecular flexibility index (Phi) is 2.90. The molecular weight excluding hydrogens is 259 g/mol. The fraction of sp³-hybridized carbons (Fsp3) is 0.294. The van der Waals surface area contributed by atoms with E-state index in [4.69, 9.17) is 11.6 Å². The summed E-state index contributed by atoms with van der Waals surface area (Å²) in [7, 11) is 0. The van der Waals surface area contributed by atoms with Crippen molar-refractivity contribution in [3.05, 3.63) is 58.4 Å². The van der Waals surface area contributed by atoms with Crippen LogP contribution < -0.4 is 0 Å². The monoisotopic (exact) mass is 274 g/mol. The molecule has 1 aliphatic rings. The normalized spacial score (nSPS) is 16.4. The molecule has 0 spiro atoms. The first-order valence-corrected chi connectivity index (χ1v) is 6.94. The summed E-state index contributed by atoms with van der Waals surface area (Å²) in [4.78, 5) is 0. The standard InChI is InChI=1S/C17H16ClF/c1-11-3-4-12(9-15(11)18)14-6-5-13(10-16(14)19)17(2)7-8-17/h3-6,9-10H,7-8H2,1-2H3. The summed E-state index contributed by atoms with van der Waals surface area (Å²) in [6, 6.07) is 11.3. The molecule has 2 aromatic carbocycles. The highest BCUT2D eigenvalue weighted by Crippen LogP contribution is 2.48. The van der Waals surface area contributed by atoms with Crippen LogP contribution in [0.4, 0.5) is 4.39 Å². The molecular formula is C17H16ClF. The van der Waals surface area contributed by atoms with Gasteiger partial charge < -0.3 is 0 Å². The maximum atomic E-state index is 14.3. The minimum atomic E-state index is -0.162. The Balaban J connectivity index is 2.03. The van der Waals surface area contributed by atoms with Crippen LogP contribution in [0.25, 0.3) is 11.1 Å². The molecule has 0 N–H and O–H groups in total. The summed E-state index contributed by atoms with van der Waals surface area (Å²) in [5, 5.41) is 0.676. The second-order valence-corrected chi connectivity index (χ2v) is 6.13. The van der Waals surface area contributed by atoms with Gasteiger partial charge in [-0.2, -0.15) is 0 Å². The highest BCUT2D eigenvalue weighted by Gasteiger charge is 2.39. The van der Waals surface area contributed by atoms with Crippen LogP contribution in [0.15, 0.2) is 36.4 Å². The van der Waals surface area contributed by atoms with Gasteiger partial charge in [0.15, 0.2) is 0 Å². The van der Waals surface area contributed by atoms with Crippen molar-refractivity contribution >= 4 is 11.6 Å². The Hall–Kier alpha value is -1.34. The summed E-state index contributed by atoms with van der Waals surface area (Å²) in [6.07, 6.45) is 2.31. The lowest BCUT2D eigenvalue weighted by atomic mass is 9.95. The number of aryl methyl sites for hydroxylation is 1. The molecule has 1 aliphatic carbocycles. The summed E-state index contributed by atoms with van der Waals surface area (Å²) in [5.74, 6) is -0.162. The van der Waals surface area contributed by atoms with Crippen LogP contribution in [0.3, 0.4) is 0 Å². The van der Waals surface area contributed by atoms with Gasteiger partial charge in [-0.15, -0.1) is 0 Å². The fourth-order valence-corrected chi connectivity index (χ4v) is 2.54. The minimum absolute atomic E-state index is 0.162. The van der Waals surface area contributed by atoms with Gasteiger partial charge in [-0.25, -0.2) is 4.39 Å². The van der Waals surface area contributed by atoms with E-state index in [0.717, 1.165) is 29.5 Å². The zero-order chi connectivity index (χ0) is 13.6. The van der Waals surface area contributed by atoms with Gasteiger partial charge in [0, 0.05) is 10.6 Å². The number of rotatable bonds is 2. The van der Waals surface area contributed by atoms with Crippen molar-refractivity contribution < 1.29 is 4.39 Å². The van der Waals surface area contributed by atoms with Crippen LogP contribution in [-0.4, -0.2) is 0 Å². The van der Waals surface area contributed by atoms with Gasteiger partial charge in [0.1, 0.15) is 5.82 Å². The maximum Gasteiger partial charge on any atom is 0.131 e. The van der Waals surface area contributed by atoms with Crippen molar-refractivity contribution in [1.29, 1.82) is 0 Å². The molecule has 0 radical (unpaired) electrons. The van der Waals surface area contributed by atoms with Crippen LogP contribution in [0.5, 0.6) is 0 Å². The zero-order valence-electron chi connectivity index (χ0n) is 11.1. The number of halogens is 2. The Morgan fingerprint density at radius 2 is 1.84 bits per heavy atom. The SMILES string of the molecule is Cc1ccc(-c2ccc(C3(C)CC3)cc2F)cc1Cl. The highest BCUT2D eigenvalue weighted by molar-refractivity contribution is 6.31. The Morgan fingerprint density at radius 3 is 2.42 bits per heavy atom. The lowest BCUT2D eigenvalue weighted by Crippen LogP contribution is -2.00. The van der Waals surface area contributed by atoms with Crippen molar-refractivity contribution in [3.63, 3.8) is 0 Å². The van der Waals surface area contributed by atoms with Crippen molar-refractivity contribution in [2.75, 3.05) is 0 Å². The number of hydrogen-bond acceptors (Lipinski definition) is 0. The number of hydrogen-bond donors (Lipinski definition) is 0. The van der Waals surface area contributed by atoms with Gasteiger partial charge >= 0.3 is 0 Å². The van der Waals surface area contributed by atoms with E-state index in [2.05, 4.69) is 6.92 Å². The second-order valence-electron chi connectivity index (χ2n) is 5.72. The third-order valence-electron chi connectivity index (χ3n) is 4.15. The zero-order valence-corrected chi connectivity index (χ0v) is 11.9. The minimum Gasteiger partial charge on any atom is -0.206 e. The van der Waals surface area contributed by atoms with Crippen LogP contribution in [0, 0.1) is 12.7 Å². The van der Waals surface area contributed by atoms with E-state index in [1.165, 1.54) is 0 Å². The van der Waals surface area contributed by atoms with Crippen molar-refractivity contribution in [2.24, 2.45) is 0 Å². The van der Waals surface area contributed by atoms with Gasteiger partial charge in [0.25, 0.3) is 0 Å². The molecule has 19 heavy (non-hydrogen) atoms. The molecule has 2 heteroatoms. The van der Waals surface area contributed by atoms with Crippen LogP contribution in [0.2, 0.25) is 5.02 Å². The van der Waals surface area contributed by atoms with Crippen LogP contribution in [0.1, 0.15) is 30.9 Å². The third kappa shape index (κ3) is 2.28. The van der Waals surface area contributed by atoms with E-state index in [1.807, 2.05) is 37.3 Å². The van der Waals surface area contributed by atoms with Crippen molar-refractivity contribution in [3.8, 4) is 11.1 Å². The molecule has 0 aromatic heterocycles. The molecule has 98 valence electrons. The molecule has 0 heterocycles. The van der Waals surface area contributed by atoms with E-state index in [-0.39, 0.29) is 11.2 Å². The van der Waals surface area contributed by atoms with E-state index < -0.39 is 0 Å². The summed E-state index contributed by atoms with van der Waals surface area (Å²) in [5.41, 5.74) is 3.76. The quantitative estimate of drug-likeness (QED) is 0.678. The molecule has 1 saturated carbocycles. The average Bonchev–Trinajstić information content (AvgIpc) is 3.12. The first kappa shape index (κ1) is 12.7. The summed E-state index contributed by atoms with van der Waals surface area (Å²) in [6.45, 7) is 4.13. The van der Waals surface area contributed by atoms with E-state index in [9.17, 15) is 4.39 Å². The van der Waals surface area contributed by atoms with Crippen LogP contribution in [-0.2, 0) is 5.41 Å². The first-order valence-electron chi connectivity index (χ1n) is 6.56. The highest BCUT2D eigenvalue weighted by atomic mass is 35.5. The molecule has 1 fully saturated rings. The maximum absolute atomic E-state index is 14.3. The van der Waals surface area contributed by atoms with Gasteiger partial charge in [-0.05, 0) is 54.0 Å². The summed E-state index contributed by atoms with van der Waals surface area (Å²) < 4.78 is 14.3. The first-order chi connectivity index (χ1) is 8.99. The molecule has 0 aliphatic heterocycles. The number of benzene rings is 2. The van der Waals surface area contributed by atoms with Gasteiger partial charge in [0.2, 0.25) is 0 Å². The van der Waals surface area contributed by atoms with Crippen molar-refractivity contribution in [2.45, 2.75) is 32.1 Å². The Labute approximate surface area is 118 Å². The van der Waals surface area contributed by atoms with E-state index >= 15 is 0 Å². The fourth-order valence-electron chi connectivity index (χ4n) is 2.36. The second kappa shape index (κ2) is 4.35. The molecule has 0 saturated heterocycles. The van der Waals surface area contributed by atoms with Crippen LogP contribution >= 0.6 is 11.6 Å². The lowest BCUT2D eigenvalue weighted by Gasteiger charge is -2.11. The molecule has 0 unspecified atom stereocenters. The van der Waals surface area contributed by atoms with Gasteiger partial charge in [-0.3, -0.25) is 0 Å². The molecule has 0 amide bonds. The Morgan fingerprint density at radius 1 is 1.11 bits per heavy atom. The lowest BCUT2D eigenvalue weighted by molar-refractivity contribution is 0.624. The van der Waals surface area contributed by atoms with E-state index in [1.54, 1.807) is 6.07 Å². The van der Waals surface area contributed by atoms with Gasteiger partial charge in [-0.1, -0.05) is 42.8 Å². The van der Waals surface area contributed by atoms with E-state index in [0.29, 0.717) is 10.6 Å². The topological polar surface area (TPSA) is 0 Å². The average molecular weight is 275 g/mol. The molecule has 0 nitrogen and oxygen atoms in total. The van der Waals surface area contributed by atoms with Crippen molar-refractivity contribution in [1.82, 2.24) is 0 Å². The largest absolute Gasteiger partial charge is 0.206 e. The molecule has 0 atom stereocenters. The third-order valence-corrected chi connectivity index (χ3v) is 4.56. The van der Waals surface area contributed by atoms with Gasteiger partial charge in [0.05, 0.1) is 0 Å². The smallest absolute Gasteiger partial charge is 0.131 e. The molecule has 0 bridgehead atoms. The Bertz CT molecular complexity index is 642.